The van der Waals surface area contributed by atoms with Crippen molar-refractivity contribution in [3.05, 3.63) is 47.5 Å². The lowest BCUT2D eigenvalue weighted by atomic mass is 10.1. The molecule has 1 saturated heterocycles. The van der Waals surface area contributed by atoms with E-state index in [1.807, 2.05) is 0 Å². The monoisotopic (exact) mass is 439 g/mol. The third-order valence-electron chi connectivity index (χ3n) is 4.99. The van der Waals surface area contributed by atoms with Crippen LogP contribution in [0.15, 0.2) is 30.6 Å². The van der Waals surface area contributed by atoms with Crippen LogP contribution in [0.5, 0.6) is 0 Å². The van der Waals surface area contributed by atoms with Gasteiger partial charge in [0.05, 0.1) is 11.6 Å². The molecule has 2 N–H and O–H groups in total. The second kappa shape index (κ2) is 8.48. The largest absolute Gasteiger partial charge is 0.417 e. The maximum atomic E-state index is 14.4. The molecule has 0 aromatic carbocycles. The molecule has 0 aliphatic carbocycles. The van der Waals surface area contributed by atoms with Gasteiger partial charge in [-0.2, -0.15) is 13.2 Å². The summed E-state index contributed by atoms with van der Waals surface area (Å²) in [5, 5.41) is 0. The number of rotatable bonds is 5. The lowest BCUT2D eigenvalue weighted by Crippen LogP contribution is -2.45. The number of carbonyl (C=O) groups excluding carboxylic acids is 2. The quantitative estimate of drug-likeness (QED) is 0.723. The van der Waals surface area contributed by atoms with Crippen molar-refractivity contribution in [2.75, 3.05) is 22.9 Å². The van der Waals surface area contributed by atoms with Crippen LogP contribution >= 0.6 is 0 Å². The van der Waals surface area contributed by atoms with E-state index in [4.69, 9.17) is 5.73 Å². The minimum Gasteiger partial charge on any atom is -0.366 e. The van der Waals surface area contributed by atoms with Crippen molar-refractivity contribution in [3.63, 3.8) is 0 Å². The molecule has 2 aromatic heterocycles. The molecule has 0 spiro atoms. The maximum absolute atomic E-state index is 14.4. The molecular formula is C20H21F4N5O2. The van der Waals surface area contributed by atoms with Crippen LogP contribution in [0.25, 0.3) is 0 Å². The second-order valence-corrected chi connectivity index (χ2v) is 7.55. The zero-order valence-corrected chi connectivity index (χ0v) is 16.9. The van der Waals surface area contributed by atoms with E-state index in [2.05, 4.69) is 9.97 Å². The molecule has 3 rings (SSSR count). The van der Waals surface area contributed by atoms with Crippen LogP contribution in [0, 0.1) is 11.7 Å². The van der Waals surface area contributed by atoms with Gasteiger partial charge in [-0.3, -0.25) is 14.5 Å². The zero-order chi connectivity index (χ0) is 22.9. The van der Waals surface area contributed by atoms with Crippen molar-refractivity contribution in [1.29, 1.82) is 0 Å². The fourth-order valence-electron chi connectivity index (χ4n) is 3.42. The number of halogens is 4. The molecule has 1 atom stereocenters. The highest BCUT2D eigenvalue weighted by atomic mass is 19.4. The summed E-state index contributed by atoms with van der Waals surface area (Å²) in [6, 6.07) is 2.79. The van der Waals surface area contributed by atoms with E-state index in [1.54, 1.807) is 13.8 Å². The average molecular weight is 439 g/mol. The van der Waals surface area contributed by atoms with E-state index in [9.17, 15) is 27.2 Å². The zero-order valence-electron chi connectivity index (χ0n) is 16.9. The van der Waals surface area contributed by atoms with Gasteiger partial charge in [0.15, 0.2) is 11.6 Å². The molecule has 1 unspecified atom stereocenters. The summed E-state index contributed by atoms with van der Waals surface area (Å²) >= 11 is 0. The molecule has 7 nitrogen and oxygen atoms in total. The van der Waals surface area contributed by atoms with E-state index in [0.717, 1.165) is 0 Å². The van der Waals surface area contributed by atoms with Crippen LogP contribution in [0.1, 0.15) is 36.2 Å². The van der Waals surface area contributed by atoms with Gasteiger partial charge in [-0.1, -0.05) is 13.8 Å². The topological polar surface area (TPSA) is 92.4 Å². The van der Waals surface area contributed by atoms with Gasteiger partial charge < -0.3 is 10.6 Å². The minimum absolute atomic E-state index is 0.135. The Morgan fingerprint density at radius 2 is 1.97 bits per heavy atom. The maximum Gasteiger partial charge on any atom is 0.417 e. The number of amides is 2. The Kier molecular flexibility index (Phi) is 6.14. The van der Waals surface area contributed by atoms with Crippen molar-refractivity contribution >= 4 is 23.5 Å². The number of hydrogen-bond donors (Lipinski definition) is 1. The summed E-state index contributed by atoms with van der Waals surface area (Å²) in [6.45, 7) is 3.82. The van der Waals surface area contributed by atoms with Gasteiger partial charge in [-0.15, -0.1) is 0 Å². The minimum atomic E-state index is -4.70. The Hall–Kier alpha value is -3.24. The van der Waals surface area contributed by atoms with Gasteiger partial charge in [0.1, 0.15) is 5.82 Å². The van der Waals surface area contributed by atoms with Crippen LogP contribution in [0.2, 0.25) is 0 Å². The number of carbonyl (C=O) groups is 2. The Balaban J connectivity index is 1.89. The molecule has 0 radical (unpaired) electrons. The van der Waals surface area contributed by atoms with Gasteiger partial charge >= 0.3 is 6.18 Å². The number of anilines is 2. The summed E-state index contributed by atoms with van der Waals surface area (Å²) in [5.74, 6) is -2.42. The van der Waals surface area contributed by atoms with Crippen molar-refractivity contribution < 1.29 is 27.2 Å². The number of primary amides is 1. The summed E-state index contributed by atoms with van der Waals surface area (Å²) in [5.41, 5.74) is 4.33. The summed E-state index contributed by atoms with van der Waals surface area (Å²) in [7, 11) is 0. The van der Waals surface area contributed by atoms with Crippen LogP contribution in [0.3, 0.4) is 0 Å². The number of nitrogens with zero attached hydrogens (tertiary/aromatic N) is 4. The molecule has 11 heteroatoms. The highest BCUT2D eigenvalue weighted by Gasteiger charge is 2.36. The third kappa shape index (κ3) is 4.75. The van der Waals surface area contributed by atoms with Crippen LogP contribution in [0.4, 0.5) is 29.2 Å². The first-order valence-corrected chi connectivity index (χ1v) is 9.55. The molecule has 31 heavy (non-hydrogen) atoms. The number of pyridine rings is 2. The first-order valence-electron chi connectivity index (χ1n) is 9.55. The molecule has 1 aliphatic rings. The highest BCUT2D eigenvalue weighted by Crippen LogP contribution is 2.32. The Morgan fingerprint density at radius 1 is 1.26 bits per heavy atom. The van der Waals surface area contributed by atoms with Gasteiger partial charge in [-0.25, -0.2) is 14.4 Å². The van der Waals surface area contributed by atoms with E-state index in [-0.39, 0.29) is 36.2 Å². The van der Waals surface area contributed by atoms with E-state index in [1.165, 1.54) is 28.1 Å². The smallest absolute Gasteiger partial charge is 0.366 e. The van der Waals surface area contributed by atoms with Gasteiger partial charge in [0, 0.05) is 37.0 Å². The first-order chi connectivity index (χ1) is 14.5. The van der Waals surface area contributed by atoms with Gasteiger partial charge in [0.25, 0.3) is 0 Å². The highest BCUT2D eigenvalue weighted by molar-refractivity contribution is 5.97. The molecular weight excluding hydrogens is 418 g/mol. The number of hydrogen-bond acceptors (Lipinski definition) is 5. The average Bonchev–Trinajstić information content (AvgIpc) is 3.16. The van der Waals surface area contributed by atoms with Crippen LogP contribution in [-0.2, 0) is 11.0 Å². The van der Waals surface area contributed by atoms with E-state index >= 15 is 0 Å². The molecule has 2 aromatic rings. The fraction of sp³-hybridized carbons (Fsp3) is 0.400. The predicted molar refractivity (Wildman–Crippen MR) is 105 cm³/mol. The van der Waals surface area contributed by atoms with E-state index < -0.39 is 35.4 Å². The molecule has 2 amide bonds. The number of aromatic nitrogens is 2. The van der Waals surface area contributed by atoms with Gasteiger partial charge in [0.2, 0.25) is 11.8 Å². The first kappa shape index (κ1) is 22.4. The fourth-order valence-corrected chi connectivity index (χ4v) is 3.42. The number of alkyl halides is 3. The molecule has 0 saturated carbocycles. The van der Waals surface area contributed by atoms with Crippen molar-refractivity contribution in [2.24, 2.45) is 11.7 Å². The van der Waals surface area contributed by atoms with Gasteiger partial charge in [-0.05, 0) is 24.6 Å². The molecule has 1 fully saturated rings. The summed E-state index contributed by atoms with van der Waals surface area (Å²) in [6.07, 6.45) is -2.35. The van der Waals surface area contributed by atoms with E-state index in [0.29, 0.717) is 18.7 Å². The van der Waals surface area contributed by atoms with Crippen molar-refractivity contribution in [3.8, 4) is 0 Å². The molecule has 3 heterocycles. The van der Waals surface area contributed by atoms with Crippen molar-refractivity contribution in [1.82, 2.24) is 9.97 Å². The second-order valence-electron chi connectivity index (χ2n) is 7.55. The van der Waals surface area contributed by atoms with Crippen LogP contribution < -0.4 is 15.5 Å². The van der Waals surface area contributed by atoms with Crippen molar-refractivity contribution in [2.45, 2.75) is 32.5 Å². The molecule has 1 aliphatic heterocycles. The van der Waals surface area contributed by atoms with Crippen LogP contribution in [-0.4, -0.2) is 40.9 Å². The predicted octanol–water partition coefficient (Wildman–Crippen LogP) is 3.00. The normalized spacial score (nSPS) is 16.6. The molecule has 0 bridgehead atoms. The SMILES string of the molecule is CC(C)C(=O)N(c1cc(C(N)=O)ccn1)C1CCN(c2ncc(C(F)(F)F)cc2F)C1. The Morgan fingerprint density at radius 3 is 2.55 bits per heavy atom. The third-order valence-corrected chi connectivity index (χ3v) is 4.99. The summed E-state index contributed by atoms with van der Waals surface area (Å²) < 4.78 is 52.7. The number of nitrogens with two attached hydrogens (primary N) is 1. The summed E-state index contributed by atoms with van der Waals surface area (Å²) in [4.78, 5) is 35.2. The standard InChI is InChI=1S/C20H21F4N5O2/c1-11(2)19(31)29(16-7-12(17(25)30)3-5-26-16)14-4-6-28(10-14)18-15(21)8-13(9-27-18)20(22,23)24/h3,5,7-9,11,14H,4,6,10H2,1-2H3,(H2,25,30). The Bertz CT molecular complexity index is 996. The lowest BCUT2D eigenvalue weighted by molar-refractivity contribution is -0.138. The Labute approximate surface area is 175 Å². The molecule has 166 valence electrons. The lowest BCUT2D eigenvalue weighted by Gasteiger charge is -2.30.